The SMILES string of the molecule is CC(C)(CC(C#N)C(=O)N1C2CCC1(CO)CC2)N1CCC(F)(F)C1. The van der Waals surface area contributed by atoms with Crippen LogP contribution in [0.4, 0.5) is 8.78 Å². The minimum Gasteiger partial charge on any atom is -0.394 e. The highest BCUT2D eigenvalue weighted by molar-refractivity contribution is 5.83. The number of likely N-dealkylation sites (tertiary alicyclic amines) is 1. The monoisotopic (exact) mass is 355 g/mol. The lowest BCUT2D eigenvalue weighted by atomic mass is 9.87. The fourth-order valence-electron chi connectivity index (χ4n) is 4.91. The van der Waals surface area contributed by atoms with Crippen molar-refractivity contribution in [3.05, 3.63) is 0 Å². The summed E-state index contributed by atoms with van der Waals surface area (Å²) in [6, 6.07) is 2.21. The van der Waals surface area contributed by atoms with Gasteiger partial charge >= 0.3 is 0 Å². The number of hydrogen-bond acceptors (Lipinski definition) is 4. The van der Waals surface area contributed by atoms with Gasteiger partial charge in [0.15, 0.2) is 0 Å². The minimum atomic E-state index is -2.70. The largest absolute Gasteiger partial charge is 0.394 e. The molecule has 1 unspecified atom stereocenters. The molecular formula is C18H27F2N3O2. The maximum Gasteiger partial charge on any atom is 0.261 e. The van der Waals surface area contributed by atoms with E-state index in [1.165, 1.54) is 0 Å². The second-order valence-corrected chi connectivity index (χ2v) is 8.55. The lowest BCUT2D eigenvalue weighted by Crippen LogP contribution is -2.52. The van der Waals surface area contributed by atoms with Crippen molar-refractivity contribution in [3.8, 4) is 6.07 Å². The van der Waals surface area contributed by atoms with Crippen LogP contribution in [0.1, 0.15) is 52.4 Å². The highest BCUT2D eigenvalue weighted by atomic mass is 19.3. The fraction of sp³-hybridized carbons (Fsp3) is 0.889. The van der Waals surface area contributed by atoms with Gasteiger partial charge in [-0.05, 0) is 46.0 Å². The number of carbonyl (C=O) groups is 1. The number of carbonyl (C=O) groups excluding carboxylic acids is 1. The predicted molar refractivity (Wildman–Crippen MR) is 87.9 cm³/mol. The Morgan fingerprint density at radius 3 is 2.48 bits per heavy atom. The quantitative estimate of drug-likeness (QED) is 0.821. The van der Waals surface area contributed by atoms with Crippen LogP contribution in [0.3, 0.4) is 0 Å². The Morgan fingerprint density at radius 2 is 2.00 bits per heavy atom. The zero-order valence-electron chi connectivity index (χ0n) is 15.0. The Morgan fingerprint density at radius 1 is 1.36 bits per heavy atom. The molecular weight excluding hydrogens is 328 g/mol. The lowest BCUT2D eigenvalue weighted by molar-refractivity contribution is -0.140. The van der Waals surface area contributed by atoms with Crippen molar-refractivity contribution in [2.75, 3.05) is 19.7 Å². The van der Waals surface area contributed by atoms with E-state index >= 15 is 0 Å². The predicted octanol–water partition coefficient (Wildman–Crippen LogP) is 2.15. The minimum absolute atomic E-state index is 0.0743. The van der Waals surface area contributed by atoms with Gasteiger partial charge in [0.25, 0.3) is 5.92 Å². The summed E-state index contributed by atoms with van der Waals surface area (Å²) in [5.74, 6) is -3.80. The summed E-state index contributed by atoms with van der Waals surface area (Å²) >= 11 is 0. The van der Waals surface area contributed by atoms with E-state index in [-0.39, 0.29) is 44.5 Å². The molecule has 0 saturated carbocycles. The van der Waals surface area contributed by atoms with E-state index in [4.69, 9.17) is 0 Å². The molecule has 1 amide bonds. The number of alkyl halides is 2. The first-order valence-electron chi connectivity index (χ1n) is 9.11. The van der Waals surface area contributed by atoms with E-state index < -0.39 is 22.9 Å². The second-order valence-electron chi connectivity index (χ2n) is 8.55. The zero-order valence-corrected chi connectivity index (χ0v) is 15.0. The first-order chi connectivity index (χ1) is 11.6. The van der Waals surface area contributed by atoms with E-state index in [1.54, 1.807) is 9.80 Å². The van der Waals surface area contributed by atoms with Crippen LogP contribution < -0.4 is 0 Å². The molecule has 140 valence electrons. The van der Waals surface area contributed by atoms with Gasteiger partial charge in [0.1, 0.15) is 5.92 Å². The molecule has 0 aromatic rings. The van der Waals surface area contributed by atoms with Crippen LogP contribution in [0.5, 0.6) is 0 Å². The number of fused-ring (bicyclic) bond motifs is 2. The van der Waals surface area contributed by atoms with Gasteiger partial charge in [0.05, 0.1) is 24.8 Å². The van der Waals surface area contributed by atoms with E-state index in [0.29, 0.717) is 0 Å². The highest BCUT2D eigenvalue weighted by Gasteiger charge is 2.55. The molecule has 0 spiro atoms. The van der Waals surface area contributed by atoms with Crippen LogP contribution in [0.2, 0.25) is 0 Å². The molecule has 0 radical (unpaired) electrons. The maximum absolute atomic E-state index is 13.5. The number of aliphatic hydroxyl groups is 1. The molecule has 3 aliphatic rings. The van der Waals surface area contributed by atoms with Crippen LogP contribution in [0.25, 0.3) is 0 Å². The maximum atomic E-state index is 13.5. The average Bonchev–Trinajstić information content (AvgIpc) is 3.23. The van der Waals surface area contributed by atoms with Crippen molar-refractivity contribution < 1.29 is 18.7 Å². The summed E-state index contributed by atoms with van der Waals surface area (Å²) in [6.45, 7) is 3.53. The summed E-state index contributed by atoms with van der Waals surface area (Å²) in [4.78, 5) is 16.5. The summed E-state index contributed by atoms with van der Waals surface area (Å²) < 4.78 is 27.1. The number of aliphatic hydroxyl groups excluding tert-OH is 1. The molecule has 25 heavy (non-hydrogen) atoms. The number of nitriles is 1. The topological polar surface area (TPSA) is 67.6 Å². The van der Waals surface area contributed by atoms with Gasteiger partial charge in [-0.3, -0.25) is 9.69 Å². The van der Waals surface area contributed by atoms with Crippen molar-refractivity contribution in [1.82, 2.24) is 9.80 Å². The molecule has 7 heteroatoms. The molecule has 3 fully saturated rings. The lowest BCUT2D eigenvalue weighted by Gasteiger charge is -2.39. The van der Waals surface area contributed by atoms with E-state index in [1.807, 2.05) is 13.8 Å². The van der Waals surface area contributed by atoms with Crippen molar-refractivity contribution >= 4 is 5.91 Å². The molecule has 3 rings (SSSR count). The Kier molecular flexibility index (Phi) is 4.57. The van der Waals surface area contributed by atoms with Crippen molar-refractivity contribution in [1.29, 1.82) is 5.26 Å². The van der Waals surface area contributed by atoms with Crippen LogP contribution >= 0.6 is 0 Å². The van der Waals surface area contributed by atoms with Gasteiger partial charge in [0, 0.05) is 24.5 Å². The molecule has 0 aromatic heterocycles. The number of nitrogens with zero attached hydrogens (tertiary/aromatic N) is 3. The zero-order chi connectivity index (χ0) is 18.5. The van der Waals surface area contributed by atoms with Gasteiger partial charge in [-0.25, -0.2) is 8.78 Å². The third-order valence-corrected chi connectivity index (χ3v) is 6.48. The normalized spacial score (nSPS) is 32.8. The Hall–Kier alpha value is -1.26. The molecule has 1 N–H and O–H groups in total. The molecule has 5 nitrogen and oxygen atoms in total. The van der Waals surface area contributed by atoms with E-state index in [2.05, 4.69) is 6.07 Å². The third-order valence-electron chi connectivity index (χ3n) is 6.48. The molecule has 2 bridgehead atoms. The van der Waals surface area contributed by atoms with Crippen LogP contribution in [0, 0.1) is 17.2 Å². The first-order valence-corrected chi connectivity index (χ1v) is 9.11. The molecule has 3 heterocycles. The number of halogens is 2. The van der Waals surface area contributed by atoms with Gasteiger partial charge in [-0.1, -0.05) is 0 Å². The third kappa shape index (κ3) is 3.15. The molecule has 0 aliphatic carbocycles. The smallest absolute Gasteiger partial charge is 0.261 e. The summed E-state index contributed by atoms with van der Waals surface area (Å²) in [5.41, 5.74) is -1.16. The Bertz CT molecular complexity index is 579. The molecule has 3 saturated heterocycles. The number of amides is 1. The van der Waals surface area contributed by atoms with Crippen molar-refractivity contribution in [2.24, 2.45) is 5.92 Å². The van der Waals surface area contributed by atoms with Crippen LogP contribution in [-0.2, 0) is 4.79 Å². The highest BCUT2D eigenvalue weighted by Crippen LogP contribution is 2.47. The summed E-state index contributed by atoms with van der Waals surface area (Å²) in [7, 11) is 0. The van der Waals surface area contributed by atoms with Gasteiger partial charge in [-0.2, -0.15) is 5.26 Å². The molecule has 3 aliphatic heterocycles. The van der Waals surface area contributed by atoms with Gasteiger partial charge in [0.2, 0.25) is 5.91 Å². The van der Waals surface area contributed by atoms with E-state index in [9.17, 15) is 23.9 Å². The standard InChI is InChI=1S/C18H27F2N3O2/c1-16(2,22-8-7-18(19,20)11-22)9-13(10-21)15(25)23-14-3-5-17(23,12-24)6-4-14/h13-14,24H,3-9,11-12H2,1-2H3. The van der Waals surface area contributed by atoms with Crippen LogP contribution in [-0.4, -0.2) is 63.6 Å². The summed E-state index contributed by atoms with van der Waals surface area (Å²) in [6.07, 6.45) is 3.34. The second kappa shape index (κ2) is 6.17. The van der Waals surface area contributed by atoms with E-state index in [0.717, 1.165) is 25.7 Å². The fourth-order valence-corrected chi connectivity index (χ4v) is 4.91. The van der Waals surface area contributed by atoms with Crippen molar-refractivity contribution in [3.63, 3.8) is 0 Å². The van der Waals surface area contributed by atoms with Crippen molar-refractivity contribution in [2.45, 2.75) is 75.4 Å². The average molecular weight is 355 g/mol. The van der Waals surface area contributed by atoms with Gasteiger partial charge in [-0.15, -0.1) is 0 Å². The Balaban J connectivity index is 1.73. The number of rotatable bonds is 5. The molecule has 0 aromatic carbocycles. The summed E-state index contributed by atoms with van der Waals surface area (Å²) in [5, 5.41) is 19.4. The number of hydrogen-bond donors (Lipinski definition) is 1. The first kappa shape index (κ1) is 18.5. The van der Waals surface area contributed by atoms with Gasteiger partial charge < -0.3 is 10.0 Å². The Labute approximate surface area is 147 Å². The van der Waals surface area contributed by atoms with Crippen LogP contribution in [0.15, 0.2) is 0 Å². The molecule has 1 atom stereocenters.